The number of amides is 1. The number of hydrogen-bond donors (Lipinski definition) is 3. The van der Waals surface area contributed by atoms with Crippen molar-refractivity contribution in [2.75, 3.05) is 6.79 Å². The number of aromatic carboxylic acids is 1. The summed E-state index contributed by atoms with van der Waals surface area (Å²) in [6, 6.07) is 9.13. The standard InChI is InChI=1S/C18H12N2O6S/c21-10-2-3-12(11(7-10)17(23)24)19-18-20-16(22)15(27-18)6-9-1-4-13-14(5-9)26-8-25-13/h1-7,21H,8H2,(H,23,24)(H,19,20,22)/b15-6-. The minimum atomic E-state index is -1.23. The Morgan fingerprint density at radius 3 is 2.81 bits per heavy atom. The number of carboxylic acid groups (broad SMARTS) is 1. The van der Waals surface area contributed by atoms with Gasteiger partial charge in [0.15, 0.2) is 16.7 Å². The van der Waals surface area contributed by atoms with E-state index in [0.29, 0.717) is 16.4 Å². The van der Waals surface area contributed by atoms with Crippen LogP contribution in [0, 0.1) is 0 Å². The van der Waals surface area contributed by atoms with Crippen LogP contribution in [0.4, 0.5) is 5.69 Å². The van der Waals surface area contributed by atoms with E-state index in [4.69, 9.17) is 9.47 Å². The van der Waals surface area contributed by atoms with Gasteiger partial charge in [0, 0.05) is 0 Å². The van der Waals surface area contributed by atoms with E-state index in [1.165, 1.54) is 12.1 Å². The number of phenols is 1. The van der Waals surface area contributed by atoms with Crippen LogP contribution in [0.3, 0.4) is 0 Å². The summed E-state index contributed by atoms with van der Waals surface area (Å²) >= 11 is 1.09. The number of hydrogen-bond acceptors (Lipinski definition) is 7. The number of benzene rings is 2. The fourth-order valence-corrected chi connectivity index (χ4v) is 3.37. The maximum absolute atomic E-state index is 12.2. The van der Waals surface area contributed by atoms with Gasteiger partial charge >= 0.3 is 5.97 Å². The molecule has 2 aromatic rings. The number of nitrogens with one attached hydrogen (secondary N) is 1. The molecule has 0 aliphatic carbocycles. The number of carbonyl (C=O) groups excluding carboxylic acids is 1. The lowest BCUT2D eigenvalue weighted by atomic mass is 10.2. The predicted octanol–water partition coefficient (Wildman–Crippen LogP) is 2.71. The first-order chi connectivity index (χ1) is 13.0. The monoisotopic (exact) mass is 384 g/mol. The van der Waals surface area contributed by atoms with Gasteiger partial charge in [0.2, 0.25) is 6.79 Å². The largest absolute Gasteiger partial charge is 0.508 e. The molecule has 0 unspecified atom stereocenters. The Labute approximate surface area is 157 Å². The maximum Gasteiger partial charge on any atom is 0.338 e. The molecular formula is C18H12N2O6S. The van der Waals surface area contributed by atoms with E-state index in [1.54, 1.807) is 24.3 Å². The molecule has 2 aliphatic rings. The number of aliphatic imine (C=N–C) groups is 1. The van der Waals surface area contributed by atoms with Gasteiger partial charge in [0.05, 0.1) is 16.2 Å². The van der Waals surface area contributed by atoms with Crippen molar-refractivity contribution in [3.05, 3.63) is 52.4 Å². The Bertz CT molecular complexity index is 1030. The average Bonchev–Trinajstić information content (AvgIpc) is 3.22. The van der Waals surface area contributed by atoms with E-state index in [0.717, 1.165) is 23.4 Å². The van der Waals surface area contributed by atoms with Gasteiger partial charge in [-0.05, 0) is 53.7 Å². The van der Waals surface area contributed by atoms with E-state index < -0.39 is 5.97 Å². The van der Waals surface area contributed by atoms with Crippen molar-refractivity contribution in [1.82, 2.24) is 5.32 Å². The summed E-state index contributed by atoms with van der Waals surface area (Å²) in [5, 5.41) is 21.5. The molecule has 0 bridgehead atoms. The maximum atomic E-state index is 12.2. The van der Waals surface area contributed by atoms with Gasteiger partial charge in [-0.1, -0.05) is 6.07 Å². The van der Waals surface area contributed by atoms with E-state index in [9.17, 15) is 19.8 Å². The molecule has 4 rings (SSSR count). The molecule has 1 amide bonds. The summed E-state index contributed by atoms with van der Waals surface area (Å²) in [6.45, 7) is 0.167. The highest BCUT2D eigenvalue weighted by atomic mass is 32.2. The van der Waals surface area contributed by atoms with Crippen molar-refractivity contribution >= 4 is 40.6 Å². The summed E-state index contributed by atoms with van der Waals surface area (Å²) in [7, 11) is 0. The molecule has 3 N–H and O–H groups in total. The Kier molecular flexibility index (Phi) is 4.21. The van der Waals surface area contributed by atoms with Crippen LogP contribution in [0.15, 0.2) is 46.3 Å². The first-order valence-electron chi connectivity index (χ1n) is 7.75. The van der Waals surface area contributed by atoms with Gasteiger partial charge in [-0.2, -0.15) is 0 Å². The lowest BCUT2D eigenvalue weighted by Crippen LogP contribution is -2.19. The lowest BCUT2D eigenvalue weighted by Gasteiger charge is -2.02. The molecule has 136 valence electrons. The van der Waals surface area contributed by atoms with Crippen molar-refractivity contribution in [2.24, 2.45) is 4.99 Å². The number of ether oxygens (including phenoxy) is 2. The number of carboxylic acids is 1. The molecule has 9 heteroatoms. The van der Waals surface area contributed by atoms with E-state index >= 15 is 0 Å². The zero-order valence-corrected chi connectivity index (χ0v) is 14.4. The number of amidine groups is 1. The van der Waals surface area contributed by atoms with Crippen LogP contribution in [0.25, 0.3) is 6.08 Å². The second kappa shape index (κ2) is 6.69. The zero-order valence-electron chi connectivity index (χ0n) is 13.6. The highest BCUT2D eigenvalue weighted by Crippen LogP contribution is 2.35. The Balaban J connectivity index is 1.61. The Morgan fingerprint density at radius 2 is 2.00 bits per heavy atom. The molecule has 8 nitrogen and oxygen atoms in total. The van der Waals surface area contributed by atoms with Gasteiger partial charge in [-0.3, -0.25) is 4.79 Å². The predicted molar refractivity (Wildman–Crippen MR) is 98.4 cm³/mol. The topological polar surface area (TPSA) is 117 Å². The van der Waals surface area contributed by atoms with Gasteiger partial charge < -0.3 is 25.0 Å². The quantitative estimate of drug-likeness (QED) is 0.697. The van der Waals surface area contributed by atoms with Crippen LogP contribution in [0.1, 0.15) is 15.9 Å². The molecule has 0 saturated carbocycles. The normalized spacial score (nSPS) is 18.1. The Morgan fingerprint density at radius 1 is 1.19 bits per heavy atom. The van der Waals surface area contributed by atoms with Crippen LogP contribution in [0.5, 0.6) is 17.2 Å². The van der Waals surface area contributed by atoms with E-state index in [1.807, 2.05) is 0 Å². The first kappa shape index (κ1) is 17.0. The Hall–Kier alpha value is -3.46. The highest BCUT2D eigenvalue weighted by molar-refractivity contribution is 8.18. The molecule has 2 heterocycles. The number of rotatable bonds is 3. The molecule has 2 aromatic carbocycles. The van der Waals surface area contributed by atoms with Crippen molar-refractivity contribution in [3.63, 3.8) is 0 Å². The lowest BCUT2D eigenvalue weighted by molar-refractivity contribution is -0.115. The minimum absolute atomic E-state index is 0.132. The van der Waals surface area contributed by atoms with Crippen LogP contribution in [-0.2, 0) is 4.79 Å². The zero-order chi connectivity index (χ0) is 19.0. The molecule has 1 fully saturated rings. The molecule has 2 aliphatic heterocycles. The second-order valence-electron chi connectivity index (χ2n) is 5.60. The molecule has 0 radical (unpaired) electrons. The van der Waals surface area contributed by atoms with Crippen molar-refractivity contribution < 1.29 is 29.3 Å². The third-order valence-electron chi connectivity index (χ3n) is 3.78. The smallest absolute Gasteiger partial charge is 0.338 e. The SMILES string of the molecule is O=C1NC(=Nc2ccc(O)cc2C(=O)O)S/C1=C\c1ccc2c(c1)OCO2. The summed E-state index contributed by atoms with van der Waals surface area (Å²) in [5.41, 5.74) is 0.729. The number of carbonyl (C=O) groups is 2. The third kappa shape index (κ3) is 3.44. The molecule has 0 aromatic heterocycles. The first-order valence-corrected chi connectivity index (χ1v) is 8.57. The molecular weight excluding hydrogens is 372 g/mol. The van der Waals surface area contributed by atoms with Crippen molar-refractivity contribution in [3.8, 4) is 17.2 Å². The van der Waals surface area contributed by atoms with Crippen molar-refractivity contribution in [1.29, 1.82) is 0 Å². The molecule has 27 heavy (non-hydrogen) atoms. The van der Waals surface area contributed by atoms with E-state index in [-0.39, 0.29) is 34.9 Å². The third-order valence-corrected chi connectivity index (χ3v) is 4.69. The molecule has 0 spiro atoms. The van der Waals surface area contributed by atoms with Gasteiger partial charge in [-0.15, -0.1) is 0 Å². The number of thioether (sulfide) groups is 1. The van der Waals surface area contributed by atoms with Gasteiger partial charge in [-0.25, -0.2) is 9.79 Å². The van der Waals surface area contributed by atoms with Crippen LogP contribution in [-0.4, -0.2) is 34.1 Å². The fraction of sp³-hybridized carbons (Fsp3) is 0.0556. The van der Waals surface area contributed by atoms with E-state index in [2.05, 4.69) is 10.3 Å². The summed E-state index contributed by atoms with van der Waals surface area (Å²) in [6.07, 6.45) is 1.68. The second-order valence-corrected chi connectivity index (χ2v) is 6.63. The minimum Gasteiger partial charge on any atom is -0.508 e. The fourth-order valence-electron chi connectivity index (χ4n) is 2.54. The summed E-state index contributed by atoms with van der Waals surface area (Å²) in [5.74, 6) is -0.487. The summed E-state index contributed by atoms with van der Waals surface area (Å²) < 4.78 is 10.6. The summed E-state index contributed by atoms with van der Waals surface area (Å²) in [4.78, 5) is 28.1. The average molecular weight is 384 g/mol. The number of fused-ring (bicyclic) bond motifs is 1. The molecule has 1 saturated heterocycles. The van der Waals surface area contributed by atoms with Crippen LogP contribution < -0.4 is 14.8 Å². The van der Waals surface area contributed by atoms with Gasteiger partial charge in [0.25, 0.3) is 5.91 Å². The molecule has 0 atom stereocenters. The van der Waals surface area contributed by atoms with Crippen molar-refractivity contribution in [2.45, 2.75) is 0 Å². The van der Waals surface area contributed by atoms with Crippen LogP contribution >= 0.6 is 11.8 Å². The highest BCUT2D eigenvalue weighted by Gasteiger charge is 2.25. The van der Waals surface area contributed by atoms with Gasteiger partial charge in [0.1, 0.15) is 5.75 Å². The number of phenolic OH excluding ortho intramolecular Hbond substituents is 1. The number of aromatic hydroxyl groups is 1. The number of nitrogens with zero attached hydrogens (tertiary/aromatic N) is 1. The van der Waals surface area contributed by atoms with Crippen LogP contribution in [0.2, 0.25) is 0 Å².